The molecule has 1 heterocycles. The van der Waals surface area contributed by atoms with Crippen molar-refractivity contribution in [3.05, 3.63) is 41.3 Å². The first kappa shape index (κ1) is 15.4. The lowest BCUT2D eigenvalue weighted by atomic mass is 10.2. The molecule has 21 heavy (non-hydrogen) atoms. The molecular weight excluding hydrogens is 307 g/mol. The summed E-state index contributed by atoms with van der Waals surface area (Å²) in [6.07, 6.45) is -4.59. The van der Waals surface area contributed by atoms with E-state index in [0.29, 0.717) is 11.4 Å². The lowest BCUT2D eigenvalue weighted by Crippen LogP contribution is -2.16. The molecule has 0 saturated carbocycles. The Kier molecular flexibility index (Phi) is 4.22. The Hall–Kier alpha value is -2.02. The largest absolute Gasteiger partial charge is 0.495 e. The smallest absolute Gasteiger partial charge is 0.433 e. The summed E-state index contributed by atoms with van der Waals surface area (Å²) in [6.45, 7) is 0. The number of nitrogens with zero attached hydrogens (tertiary/aromatic N) is 3. The van der Waals surface area contributed by atoms with Crippen molar-refractivity contribution in [2.45, 2.75) is 6.18 Å². The fraction of sp³-hybridized carbons (Fsp3) is 0.231. The SMILES string of the molecule is COc1ccccc1N(C)c1cc(C(F)(F)F)nc(Cl)n1. The van der Waals surface area contributed by atoms with Crippen LogP contribution in [-0.2, 0) is 6.18 Å². The standard InChI is InChI=1S/C13H11ClF3N3O/c1-20(8-5-3-4-6-9(8)21-2)11-7-10(13(15,16)17)18-12(14)19-11/h3-7H,1-2H3. The zero-order chi connectivity index (χ0) is 15.6. The average Bonchev–Trinajstić information content (AvgIpc) is 2.45. The Balaban J connectivity index is 2.48. The molecule has 2 rings (SSSR count). The summed E-state index contributed by atoms with van der Waals surface area (Å²) < 4.78 is 43.5. The molecule has 0 saturated heterocycles. The highest BCUT2D eigenvalue weighted by atomic mass is 35.5. The van der Waals surface area contributed by atoms with Gasteiger partial charge in [0.05, 0.1) is 12.8 Å². The Labute approximate surface area is 124 Å². The number of hydrogen-bond acceptors (Lipinski definition) is 4. The molecular formula is C13H11ClF3N3O. The van der Waals surface area contributed by atoms with Crippen LogP contribution in [0.15, 0.2) is 30.3 Å². The third-order valence-electron chi connectivity index (χ3n) is 2.77. The number of aromatic nitrogens is 2. The molecule has 1 aromatic heterocycles. The molecule has 0 spiro atoms. The first-order chi connectivity index (χ1) is 9.82. The molecule has 0 aliphatic carbocycles. The van der Waals surface area contributed by atoms with Crippen molar-refractivity contribution in [2.75, 3.05) is 19.1 Å². The van der Waals surface area contributed by atoms with Gasteiger partial charge in [-0.3, -0.25) is 0 Å². The second kappa shape index (κ2) is 5.77. The average molecular weight is 318 g/mol. The van der Waals surface area contributed by atoms with Crippen LogP contribution >= 0.6 is 11.6 Å². The predicted molar refractivity (Wildman–Crippen MR) is 73.1 cm³/mol. The van der Waals surface area contributed by atoms with Crippen molar-refractivity contribution in [3.63, 3.8) is 0 Å². The van der Waals surface area contributed by atoms with Crippen LogP contribution in [0.25, 0.3) is 0 Å². The normalized spacial score (nSPS) is 11.3. The van der Waals surface area contributed by atoms with Crippen molar-refractivity contribution < 1.29 is 17.9 Å². The van der Waals surface area contributed by atoms with Gasteiger partial charge >= 0.3 is 6.18 Å². The van der Waals surface area contributed by atoms with E-state index in [2.05, 4.69) is 9.97 Å². The van der Waals surface area contributed by atoms with Crippen molar-refractivity contribution in [1.82, 2.24) is 9.97 Å². The minimum atomic E-state index is -4.59. The lowest BCUT2D eigenvalue weighted by molar-refractivity contribution is -0.141. The van der Waals surface area contributed by atoms with Crippen LogP contribution in [-0.4, -0.2) is 24.1 Å². The Bertz CT molecular complexity index is 649. The molecule has 8 heteroatoms. The van der Waals surface area contributed by atoms with E-state index in [1.165, 1.54) is 12.0 Å². The maximum Gasteiger partial charge on any atom is 0.433 e. The van der Waals surface area contributed by atoms with Crippen molar-refractivity contribution in [2.24, 2.45) is 0 Å². The maximum absolute atomic E-state index is 12.8. The summed E-state index contributed by atoms with van der Waals surface area (Å²) in [5.41, 5.74) is -0.540. The van der Waals surface area contributed by atoms with Gasteiger partial charge in [-0.2, -0.15) is 13.2 Å². The third kappa shape index (κ3) is 3.36. The van der Waals surface area contributed by atoms with E-state index in [0.717, 1.165) is 6.07 Å². The Morgan fingerprint density at radius 1 is 1.19 bits per heavy atom. The van der Waals surface area contributed by atoms with Crippen LogP contribution in [0.4, 0.5) is 24.7 Å². The highest BCUT2D eigenvalue weighted by Crippen LogP contribution is 2.34. The van der Waals surface area contributed by atoms with E-state index in [-0.39, 0.29) is 5.82 Å². The van der Waals surface area contributed by atoms with Gasteiger partial charge in [0.25, 0.3) is 0 Å². The fourth-order valence-corrected chi connectivity index (χ4v) is 1.93. The van der Waals surface area contributed by atoms with Crippen LogP contribution in [0, 0.1) is 0 Å². The summed E-state index contributed by atoms with van der Waals surface area (Å²) in [5.74, 6) is 0.523. The summed E-state index contributed by atoms with van der Waals surface area (Å²) in [7, 11) is 3.04. The lowest BCUT2D eigenvalue weighted by Gasteiger charge is -2.21. The predicted octanol–water partition coefficient (Wildman–Crippen LogP) is 3.93. The molecule has 4 nitrogen and oxygen atoms in total. The molecule has 0 fully saturated rings. The molecule has 0 amide bonds. The molecule has 1 aromatic carbocycles. The Morgan fingerprint density at radius 2 is 1.86 bits per heavy atom. The fourth-order valence-electron chi connectivity index (χ4n) is 1.75. The minimum Gasteiger partial charge on any atom is -0.495 e. The van der Waals surface area contributed by atoms with Gasteiger partial charge in [-0.25, -0.2) is 9.97 Å². The number of alkyl halides is 3. The number of para-hydroxylation sites is 2. The molecule has 112 valence electrons. The highest BCUT2D eigenvalue weighted by Gasteiger charge is 2.34. The van der Waals surface area contributed by atoms with Crippen molar-refractivity contribution in [1.29, 1.82) is 0 Å². The van der Waals surface area contributed by atoms with Gasteiger partial charge in [0.1, 0.15) is 11.6 Å². The number of benzene rings is 1. The van der Waals surface area contributed by atoms with Crippen molar-refractivity contribution in [3.8, 4) is 5.75 Å². The second-order valence-electron chi connectivity index (χ2n) is 4.11. The quantitative estimate of drug-likeness (QED) is 0.804. The Morgan fingerprint density at radius 3 is 2.48 bits per heavy atom. The number of anilines is 2. The van der Waals surface area contributed by atoms with E-state index in [1.807, 2.05) is 0 Å². The summed E-state index contributed by atoms with van der Waals surface area (Å²) in [4.78, 5) is 8.46. The minimum absolute atomic E-state index is 0.0202. The molecule has 0 aliphatic rings. The topological polar surface area (TPSA) is 38.2 Å². The van der Waals surface area contributed by atoms with Gasteiger partial charge < -0.3 is 9.64 Å². The van der Waals surface area contributed by atoms with E-state index in [9.17, 15) is 13.2 Å². The third-order valence-corrected chi connectivity index (χ3v) is 2.93. The maximum atomic E-state index is 12.8. The van der Waals surface area contributed by atoms with E-state index in [1.54, 1.807) is 31.3 Å². The molecule has 2 aromatic rings. The molecule has 0 bridgehead atoms. The number of halogens is 4. The number of methoxy groups -OCH3 is 1. The zero-order valence-electron chi connectivity index (χ0n) is 11.1. The second-order valence-corrected chi connectivity index (χ2v) is 4.45. The first-order valence-electron chi connectivity index (χ1n) is 5.81. The summed E-state index contributed by atoms with van der Waals surface area (Å²) in [5, 5.41) is -0.471. The van der Waals surface area contributed by atoms with Gasteiger partial charge in [-0.05, 0) is 23.7 Å². The van der Waals surface area contributed by atoms with Gasteiger partial charge in [0.15, 0.2) is 5.69 Å². The zero-order valence-corrected chi connectivity index (χ0v) is 11.9. The number of hydrogen-bond donors (Lipinski definition) is 0. The number of rotatable bonds is 3. The van der Waals surface area contributed by atoms with Gasteiger partial charge in [-0.1, -0.05) is 12.1 Å². The van der Waals surface area contributed by atoms with Crippen LogP contribution < -0.4 is 9.64 Å². The monoisotopic (exact) mass is 317 g/mol. The van der Waals surface area contributed by atoms with E-state index >= 15 is 0 Å². The highest BCUT2D eigenvalue weighted by molar-refractivity contribution is 6.28. The molecule has 0 atom stereocenters. The van der Waals surface area contributed by atoms with Gasteiger partial charge in [-0.15, -0.1) is 0 Å². The summed E-state index contributed by atoms with van der Waals surface area (Å²) in [6, 6.07) is 7.71. The van der Waals surface area contributed by atoms with Crippen molar-refractivity contribution >= 4 is 23.1 Å². The molecule has 0 unspecified atom stereocenters. The van der Waals surface area contributed by atoms with Gasteiger partial charge in [0, 0.05) is 13.1 Å². The van der Waals surface area contributed by atoms with Gasteiger partial charge in [0.2, 0.25) is 5.28 Å². The van der Waals surface area contributed by atoms with Crippen LogP contribution in [0.5, 0.6) is 5.75 Å². The van der Waals surface area contributed by atoms with E-state index in [4.69, 9.17) is 16.3 Å². The van der Waals surface area contributed by atoms with E-state index < -0.39 is 17.2 Å². The summed E-state index contributed by atoms with van der Waals surface area (Å²) >= 11 is 5.58. The molecule has 0 aliphatic heterocycles. The molecule has 0 radical (unpaired) electrons. The van der Waals surface area contributed by atoms with Crippen LogP contribution in [0.3, 0.4) is 0 Å². The molecule has 0 N–H and O–H groups in total. The van der Waals surface area contributed by atoms with Crippen LogP contribution in [0.1, 0.15) is 5.69 Å². The van der Waals surface area contributed by atoms with Crippen LogP contribution in [0.2, 0.25) is 5.28 Å². The number of ether oxygens (including phenoxy) is 1. The first-order valence-corrected chi connectivity index (χ1v) is 6.19.